The highest BCUT2D eigenvalue weighted by molar-refractivity contribution is 5.96. The third kappa shape index (κ3) is 4.66. The van der Waals surface area contributed by atoms with Crippen LogP contribution < -0.4 is 10.9 Å². The van der Waals surface area contributed by atoms with Gasteiger partial charge in [-0.3, -0.25) is 9.59 Å². The molecule has 1 amide bonds. The van der Waals surface area contributed by atoms with Gasteiger partial charge in [-0.05, 0) is 47.9 Å². The molecule has 0 saturated carbocycles. The highest BCUT2D eigenvalue weighted by Gasteiger charge is 2.17. The van der Waals surface area contributed by atoms with E-state index in [4.69, 9.17) is 0 Å². The number of carbonyl (C=O) groups excluding carboxylic acids is 1. The third-order valence-corrected chi connectivity index (χ3v) is 5.31. The lowest BCUT2D eigenvalue weighted by Gasteiger charge is -2.19. The molecule has 0 fully saturated rings. The van der Waals surface area contributed by atoms with Gasteiger partial charge >= 0.3 is 0 Å². The Morgan fingerprint density at radius 1 is 0.867 bits per heavy atom. The van der Waals surface area contributed by atoms with E-state index in [1.54, 1.807) is 12.1 Å². The summed E-state index contributed by atoms with van der Waals surface area (Å²) >= 11 is 0. The summed E-state index contributed by atoms with van der Waals surface area (Å²) in [6, 6.07) is 29.2. The molecule has 0 spiro atoms. The zero-order chi connectivity index (χ0) is 20.8. The van der Waals surface area contributed by atoms with Crippen molar-refractivity contribution in [3.05, 3.63) is 118 Å². The van der Waals surface area contributed by atoms with E-state index in [2.05, 4.69) is 22.4 Å². The number of rotatable bonds is 7. The molecular weight excluding hydrogens is 372 g/mol. The first kappa shape index (κ1) is 19.6. The van der Waals surface area contributed by atoms with Gasteiger partial charge in [0.2, 0.25) is 0 Å². The summed E-state index contributed by atoms with van der Waals surface area (Å²) in [5.74, 6) is -0.272. The van der Waals surface area contributed by atoms with E-state index in [1.807, 2.05) is 66.7 Å². The summed E-state index contributed by atoms with van der Waals surface area (Å²) < 4.78 is 0. The molecule has 1 aromatic heterocycles. The SMILES string of the molecule is O=C(NC(CCCc1ccccc1)c1ccccc1)c1cc2ccccc2c(=O)[nH]1. The number of amides is 1. The van der Waals surface area contributed by atoms with Crippen LogP contribution in [0.25, 0.3) is 10.8 Å². The van der Waals surface area contributed by atoms with Gasteiger partial charge in [-0.25, -0.2) is 0 Å². The number of hydrogen-bond acceptors (Lipinski definition) is 2. The summed E-state index contributed by atoms with van der Waals surface area (Å²) in [7, 11) is 0. The van der Waals surface area contributed by atoms with Crippen molar-refractivity contribution in [3.8, 4) is 0 Å². The summed E-state index contributed by atoms with van der Waals surface area (Å²) in [5.41, 5.74) is 2.37. The quantitative estimate of drug-likeness (QED) is 0.461. The van der Waals surface area contributed by atoms with Crippen molar-refractivity contribution in [1.82, 2.24) is 10.3 Å². The van der Waals surface area contributed by atoms with E-state index in [0.717, 1.165) is 30.2 Å². The van der Waals surface area contributed by atoms with Gasteiger partial charge in [0.25, 0.3) is 11.5 Å². The molecule has 1 unspecified atom stereocenters. The Balaban J connectivity index is 1.52. The second-order valence-corrected chi connectivity index (χ2v) is 7.41. The van der Waals surface area contributed by atoms with Gasteiger partial charge in [0.1, 0.15) is 5.69 Å². The fourth-order valence-corrected chi connectivity index (χ4v) is 3.73. The number of H-pyrrole nitrogens is 1. The van der Waals surface area contributed by atoms with Crippen molar-refractivity contribution < 1.29 is 4.79 Å². The fourth-order valence-electron chi connectivity index (χ4n) is 3.73. The third-order valence-electron chi connectivity index (χ3n) is 5.31. The Hall–Kier alpha value is -3.66. The van der Waals surface area contributed by atoms with Gasteiger partial charge in [0.15, 0.2) is 0 Å². The molecule has 2 N–H and O–H groups in total. The Morgan fingerprint density at radius 3 is 2.30 bits per heavy atom. The van der Waals surface area contributed by atoms with Gasteiger partial charge in [0, 0.05) is 5.39 Å². The molecule has 0 aliphatic rings. The molecule has 0 aliphatic heterocycles. The average Bonchev–Trinajstić information content (AvgIpc) is 2.79. The molecule has 30 heavy (non-hydrogen) atoms. The molecule has 4 nitrogen and oxygen atoms in total. The number of pyridine rings is 1. The van der Waals surface area contributed by atoms with Crippen molar-refractivity contribution in [3.63, 3.8) is 0 Å². The van der Waals surface area contributed by atoms with E-state index < -0.39 is 0 Å². The molecule has 4 heteroatoms. The van der Waals surface area contributed by atoms with Crippen molar-refractivity contribution in [2.45, 2.75) is 25.3 Å². The van der Waals surface area contributed by atoms with Crippen LogP contribution in [0.15, 0.2) is 95.8 Å². The topological polar surface area (TPSA) is 62.0 Å². The minimum absolute atomic E-state index is 0.127. The normalized spacial score (nSPS) is 11.9. The maximum atomic E-state index is 13.0. The van der Waals surface area contributed by atoms with Crippen LogP contribution in [-0.2, 0) is 6.42 Å². The number of aromatic amines is 1. The molecule has 4 rings (SSSR count). The highest BCUT2D eigenvalue weighted by atomic mass is 16.2. The Kier molecular flexibility index (Phi) is 6.04. The first-order chi connectivity index (χ1) is 14.7. The maximum absolute atomic E-state index is 13.0. The number of aromatic nitrogens is 1. The summed E-state index contributed by atoms with van der Waals surface area (Å²) in [4.78, 5) is 28.1. The Labute approximate surface area is 175 Å². The lowest BCUT2D eigenvalue weighted by atomic mass is 9.98. The minimum atomic E-state index is -0.272. The molecule has 1 atom stereocenters. The summed E-state index contributed by atoms with van der Waals surface area (Å²) in [5, 5.41) is 4.46. The first-order valence-corrected chi connectivity index (χ1v) is 10.2. The first-order valence-electron chi connectivity index (χ1n) is 10.2. The van der Waals surface area contributed by atoms with E-state index in [9.17, 15) is 9.59 Å². The summed E-state index contributed by atoms with van der Waals surface area (Å²) in [6.45, 7) is 0. The summed E-state index contributed by atoms with van der Waals surface area (Å²) in [6.07, 6.45) is 2.70. The molecular formula is C26H24N2O2. The van der Waals surface area contributed by atoms with E-state index in [1.165, 1.54) is 5.56 Å². The number of carbonyl (C=O) groups is 1. The Bertz CT molecular complexity index is 1180. The van der Waals surface area contributed by atoms with Crippen LogP contribution in [0.3, 0.4) is 0 Å². The van der Waals surface area contributed by atoms with Crippen LogP contribution in [0.5, 0.6) is 0 Å². The fraction of sp³-hybridized carbons (Fsp3) is 0.154. The number of nitrogens with one attached hydrogen (secondary N) is 2. The van der Waals surface area contributed by atoms with Crippen LogP contribution in [0.2, 0.25) is 0 Å². The van der Waals surface area contributed by atoms with Crippen molar-refractivity contribution in [2.75, 3.05) is 0 Å². The lowest BCUT2D eigenvalue weighted by Crippen LogP contribution is -2.30. The van der Waals surface area contributed by atoms with Gasteiger partial charge in [-0.1, -0.05) is 78.9 Å². The molecule has 4 aromatic rings. The number of benzene rings is 3. The van der Waals surface area contributed by atoms with Gasteiger partial charge in [-0.2, -0.15) is 0 Å². The van der Waals surface area contributed by atoms with Crippen LogP contribution in [0.4, 0.5) is 0 Å². The monoisotopic (exact) mass is 396 g/mol. The van der Waals surface area contributed by atoms with Crippen LogP contribution in [0.1, 0.15) is 40.5 Å². The molecule has 3 aromatic carbocycles. The van der Waals surface area contributed by atoms with Crippen molar-refractivity contribution in [1.29, 1.82) is 0 Å². The van der Waals surface area contributed by atoms with Crippen molar-refractivity contribution >= 4 is 16.7 Å². The standard InChI is InChI=1S/C26H24N2O2/c29-25-22-16-8-7-15-21(22)18-24(28-25)26(30)27-23(20-13-5-2-6-14-20)17-9-12-19-10-3-1-4-11-19/h1-8,10-11,13-16,18,23H,9,12,17H2,(H,27,30)(H,28,29). The number of hydrogen-bond donors (Lipinski definition) is 2. The second kappa shape index (κ2) is 9.23. The zero-order valence-electron chi connectivity index (χ0n) is 16.7. The van der Waals surface area contributed by atoms with Crippen LogP contribution in [-0.4, -0.2) is 10.9 Å². The molecule has 150 valence electrons. The van der Waals surface area contributed by atoms with E-state index in [-0.39, 0.29) is 23.2 Å². The number of fused-ring (bicyclic) bond motifs is 1. The molecule has 0 aliphatic carbocycles. The van der Waals surface area contributed by atoms with E-state index >= 15 is 0 Å². The second-order valence-electron chi connectivity index (χ2n) is 7.41. The Morgan fingerprint density at radius 2 is 1.53 bits per heavy atom. The average molecular weight is 396 g/mol. The van der Waals surface area contributed by atoms with Gasteiger partial charge in [0.05, 0.1) is 6.04 Å². The molecule has 1 heterocycles. The molecule has 0 bridgehead atoms. The zero-order valence-corrected chi connectivity index (χ0v) is 16.7. The highest BCUT2D eigenvalue weighted by Crippen LogP contribution is 2.21. The minimum Gasteiger partial charge on any atom is -0.344 e. The smallest absolute Gasteiger partial charge is 0.268 e. The molecule has 0 saturated heterocycles. The van der Waals surface area contributed by atoms with E-state index in [0.29, 0.717) is 5.39 Å². The lowest BCUT2D eigenvalue weighted by molar-refractivity contribution is 0.0929. The predicted molar refractivity (Wildman–Crippen MR) is 121 cm³/mol. The van der Waals surface area contributed by atoms with Gasteiger partial charge in [-0.15, -0.1) is 0 Å². The maximum Gasteiger partial charge on any atom is 0.268 e. The number of aryl methyl sites for hydroxylation is 1. The molecule has 0 radical (unpaired) electrons. The van der Waals surface area contributed by atoms with Crippen molar-refractivity contribution in [2.24, 2.45) is 0 Å². The van der Waals surface area contributed by atoms with Crippen LogP contribution >= 0.6 is 0 Å². The predicted octanol–water partition coefficient (Wildman–Crippen LogP) is 5.02. The largest absolute Gasteiger partial charge is 0.344 e. The van der Waals surface area contributed by atoms with Gasteiger partial charge < -0.3 is 10.3 Å². The van der Waals surface area contributed by atoms with Crippen LogP contribution in [0, 0.1) is 0 Å².